The molecule has 0 spiro atoms. The monoisotopic (exact) mass is 257 g/mol. The first-order valence-corrected chi connectivity index (χ1v) is 8.14. The molecule has 104 valence electrons. The third-order valence-corrected chi connectivity index (χ3v) is 4.83. The van der Waals surface area contributed by atoms with Crippen LogP contribution in [0, 0.1) is 5.92 Å². The van der Waals surface area contributed by atoms with E-state index in [-0.39, 0.29) is 0 Å². The molecule has 19 heavy (non-hydrogen) atoms. The van der Waals surface area contributed by atoms with Crippen LogP contribution < -0.4 is 5.32 Å². The van der Waals surface area contributed by atoms with E-state index < -0.39 is 0 Å². The van der Waals surface area contributed by atoms with Crippen LogP contribution in [-0.4, -0.2) is 12.6 Å². The maximum Gasteiger partial charge on any atom is 0.00682 e. The first-order chi connectivity index (χ1) is 9.33. The standard InChI is InChI=1S/C18H27N/c1-14(11-12-19-17-9-10-17)13-16-7-4-6-15-5-2-3-8-18(15)16/h2-3,5,8,14,16-17,19H,4,6-7,9-13H2,1H3. The van der Waals surface area contributed by atoms with Crippen molar-refractivity contribution in [1.82, 2.24) is 5.32 Å². The van der Waals surface area contributed by atoms with Crippen molar-refractivity contribution in [1.29, 1.82) is 0 Å². The van der Waals surface area contributed by atoms with E-state index in [1.165, 1.54) is 51.5 Å². The first kappa shape index (κ1) is 13.2. The van der Waals surface area contributed by atoms with Crippen LogP contribution in [0.3, 0.4) is 0 Å². The zero-order valence-corrected chi connectivity index (χ0v) is 12.2. The van der Waals surface area contributed by atoms with E-state index in [1.807, 2.05) is 0 Å². The molecule has 1 aromatic rings. The Morgan fingerprint density at radius 3 is 2.89 bits per heavy atom. The van der Waals surface area contributed by atoms with Gasteiger partial charge in [-0.15, -0.1) is 0 Å². The largest absolute Gasteiger partial charge is 0.314 e. The average molecular weight is 257 g/mol. The van der Waals surface area contributed by atoms with Gasteiger partial charge in [-0.3, -0.25) is 0 Å². The van der Waals surface area contributed by atoms with E-state index in [0.29, 0.717) is 0 Å². The van der Waals surface area contributed by atoms with Crippen molar-refractivity contribution in [2.75, 3.05) is 6.54 Å². The van der Waals surface area contributed by atoms with Gasteiger partial charge in [-0.05, 0) is 74.5 Å². The Labute approximate surface area is 117 Å². The molecule has 1 fully saturated rings. The van der Waals surface area contributed by atoms with Crippen LogP contribution in [0.25, 0.3) is 0 Å². The molecule has 0 heterocycles. The zero-order valence-electron chi connectivity index (χ0n) is 12.2. The highest BCUT2D eigenvalue weighted by Crippen LogP contribution is 2.36. The molecule has 0 radical (unpaired) electrons. The molecule has 3 rings (SSSR count). The molecule has 2 aliphatic carbocycles. The summed E-state index contributed by atoms with van der Waals surface area (Å²) in [7, 11) is 0. The molecule has 1 N–H and O–H groups in total. The second-order valence-corrected chi connectivity index (χ2v) is 6.65. The fourth-order valence-electron chi connectivity index (χ4n) is 3.52. The Kier molecular flexibility index (Phi) is 4.22. The summed E-state index contributed by atoms with van der Waals surface area (Å²) in [5.41, 5.74) is 3.26. The summed E-state index contributed by atoms with van der Waals surface area (Å²) < 4.78 is 0. The second-order valence-electron chi connectivity index (χ2n) is 6.65. The third kappa shape index (κ3) is 3.60. The predicted molar refractivity (Wildman–Crippen MR) is 81.5 cm³/mol. The minimum Gasteiger partial charge on any atom is -0.314 e. The molecule has 2 aliphatic rings. The van der Waals surface area contributed by atoms with Gasteiger partial charge in [-0.25, -0.2) is 0 Å². The van der Waals surface area contributed by atoms with Crippen molar-refractivity contribution in [2.45, 2.75) is 63.8 Å². The van der Waals surface area contributed by atoms with Crippen molar-refractivity contribution in [2.24, 2.45) is 5.92 Å². The summed E-state index contributed by atoms with van der Waals surface area (Å²) in [6.07, 6.45) is 9.61. The molecule has 0 aromatic heterocycles. The summed E-state index contributed by atoms with van der Waals surface area (Å²) in [6, 6.07) is 9.98. The van der Waals surface area contributed by atoms with Crippen molar-refractivity contribution >= 4 is 0 Å². The van der Waals surface area contributed by atoms with Gasteiger partial charge in [0.25, 0.3) is 0 Å². The number of hydrogen-bond donors (Lipinski definition) is 1. The number of fused-ring (bicyclic) bond motifs is 1. The molecule has 2 atom stereocenters. The predicted octanol–water partition coefficient (Wildman–Crippen LogP) is 4.27. The summed E-state index contributed by atoms with van der Waals surface area (Å²) in [5.74, 6) is 1.67. The molecule has 0 bridgehead atoms. The van der Waals surface area contributed by atoms with Crippen molar-refractivity contribution in [3.63, 3.8) is 0 Å². The van der Waals surface area contributed by atoms with Gasteiger partial charge in [0.05, 0.1) is 0 Å². The van der Waals surface area contributed by atoms with Crippen molar-refractivity contribution < 1.29 is 0 Å². The van der Waals surface area contributed by atoms with Crippen LogP contribution in [0.1, 0.15) is 62.5 Å². The van der Waals surface area contributed by atoms with Gasteiger partial charge in [-0.1, -0.05) is 31.2 Å². The van der Waals surface area contributed by atoms with Gasteiger partial charge in [0.15, 0.2) is 0 Å². The Morgan fingerprint density at radius 1 is 1.21 bits per heavy atom. The SMILES string of the molecule is CC(CCNC1CC1)CC1CCCc2ccccc21. The highest BCUT2D eigenvalue weighted by Gasteiger charge is 2.23. The Bertz CT molecular complexity index is 408. The number of rotatable bonds is 6. The number of nitrogens with one attached hydrogen (secondary N) is 1. The molecule has 1 heteroatoms. The van der Waals surface area contributed by atoms with Crippen molar-refractivity contribution in [3.8, 4) is 0 Å². The van der Waals surface area contributed by atoms with E-state index in [0.717, 1.165) is 17.9 Å². The van der Waals surface area contributed by atoms with Crippen LogP contribution in [0.4, 0.5) is 0 Å². The third-order valence-electron chi connectivity index (χ3n) is 4.83. The van der Waals surface area contributed by atoms with Crippen molar-refractivity contribution in [3.05, 3.63) is 35.4 Å². The highest BCUT2D eigenvalue weighted by molar-refractivity contribution is 5.32. The van der Waals surface area contributed by atoms with Gasteiger partial charge in [0.2, 0.25) is 0 Å². The maximum absolute atomic E-state index is 3.64. The van der Waals surface area contributed by atoms with E-state index >= 15 is 0 Å². The molecule has 1 aromatic carbocycles. The topological polar surface area (TPSA) is 12.0 Å². The minimum absolute atomic E-state index is 0.820. The van der Waals surface area contributed by atoms with Crippen LogP contribution >= 0.6 is 0 Å². The molecule has 0 saturated heterocycles. The summed E-state index contributed by atoms with van der Waals surface area (Å²) in [5, 5.41) is 3.64. The van der Waals surface area contributed by atoms with Crippen LogP contribution in [0.2, 0.25) is 0 Å². The lowest BCUT2D eigenvalue weighted by Gasteiger charge is -2.27. The van der Waals surface area contributed by atoms with Crippen LogP contribution in [-0.2, 0) is 6.42 Å². The zero-order chi connectivity index (χ0) is 13.1. The lowest BCUT2D eigenvalue weighted by atomic mass is 9.78. The quantitative estimate of drug-likeness (QED) is 0.802. The number of hydrogen-bond acceptors (Lipinski definition) is 1. The summed E-state index contributed by atoms with van der Waals surface area (Å²) >= 11 is 0. The molecule has 0 aliphatic heterocycles. The Morgan fingerprint density at radius 2 is 2.05 bits per heavy atom. The normalized spacial score (nSPS) is 23.9. The lowest BCUT2D eigenvalue weighted by molar-refractivity contribution is 0.398. The van der Waals surface area contributed by atoms with Gasteiger partial charge in [0, 0.05) is 6.04 Å². The average Bonchev–Trinajstić information content (AvgIpc) is 3.23. The summed E-state index contributed by atoms with van der Waals surface area (Å²) in [6.45, 7) is 3.66. The molecule has 2 unspecified atom stereocenters. The number of aryl methyl sites for hydroxylation is 1. The van der Waals surface area contributed by atoms with E-state index in [1.54, 1.807) is 11.1 Å². The molecule has 0 amide bonds. The van der Waals surface area contributed by atoms with Crippen LogP contribution in [0.15, 0.2) is 24.3 Å². The van der Waals surface area contributed by atoms with Gasteiger partial charge in [-0.2, -0.15) is 0 Å². The van der Waals surface area contributed by atoms with E-state index in [9.17, 15) is 0 Å². The fraction of sp³-hybridized carbons (Fsp3) is 0.667. The molecule has 1 nitrogen and oxygen atoms in total. The number of benzene rings is 1. The van der Waals surface area contributed by atoms with Gasteiger partial charge < -0.3 is 5.32 Å². The summed E-state index contributed by atoms with van der Waals surface area (Å²) in [4.78, 5) is 0. The molecule has 1 saturated carbocycles. The molecular formula is C18H27N. The molecular weight excluding hydrogens is 230 g/mol. The fourth-order valence-corrected chi connectivity index (χ4v) is 3.52. The van der Waals surface area contributed by atoms with Gasteiger partial charge >= 0.3 is 0 Å². The van der Waals surface area contributed by atoms with Crippen LogP contribution in [0.5, 0.6) is 0 Å². The lowest BCUT2D eigenvalue weighted by Crippen LogP contribution is -2.20. The highest BCUT2D eigenvalue weighted by atomic mass is 14.9. The van der Waals surface area contributed by atoms with E-state index in [4.69, 9.17) is 0 Å². The Hall–Kier alpha value is -0.820. The first-order valence-electron chi connectivity index (χ1n) is 8.14. The van der Waals surface area contributed by atoms with E-state index in [2.05, 4.69) is 36.5 Å². The smallest absolute Gasteiger partial charge is 0.00682 e. The second kappa shape index (κ2) is 6.09. The maximum atomic E-state index is 3.64. The Balaban J connectivity index is 1.51. The minimum atomic E-state index is 0.820. The van der Waals surface area contributed by atoms with Gasteiger partial charge in [0.1, 0.15) is 0 Å².